The number of aliphatic hydroxyl groups excluding tert-OH is 1. The first-order valence-electron chi connectivity index (χ1n) is 19.8. The number of ether oxygens (including phenoxy) is 10. The Morgan fingerprint density at radius 3 is 1.40 bits per heavy atom. The second-order valence-electron chi connectivity index (χ2n) is 14.4. The molecule has 4 aromatic rings. The van der Waals surface area contributed by atoms with Crippen LogP contribution < -0.4 is 0 Å². The lowest BCUT2D eigenvalue weighted by Gasteiger charge is -2.49. The summed E-state index contributed by atoms with van der Waals surface area (Å²) in [4.78, 5) is 36.9. The average molecular weight is 829 g/mol. The van der Waals surface area contributed by atoms with Crippen molar-refractivity contribution in [2.45, 2.75) is 109 Å². The van der Waals surface area contributed by atoms with Crippen molar-refractivity contribution >= 4 is 17.9 Å². The lowest BCUT2D eigenvalue weighted by atomic mass is 9.96. The third-order valence-electron chi connectivity index (χ3n) is 9.80. The lowest BCUT2D eigenvalue weighted by Crippen LogP contribution is -2.66. The zero-order valence-corrected chi connectivity index (χ0v) is 33.8. The van der Waals surface area contributed by atoms with Gasteiger partial charge in [-0.3, -0.25) is 14.4 Å². The van der Waals surface area contributed by atoms with Gasteiger partial charge in [0, 0.05) is 20.8 Å². The van der Waals surface area contributed by atoms with Crippen molar-refractivity contribution in [3.05, 3.63) is 144 Å². The first-order chi connectivity index (χ1) is 29.1. The molecule has 0 radical (unpaired) electrons. The summed E-state index contributed by atoms with van der Waals surface area (Å²) in [5.74, 6) is -2.15. The van der Waals surface area contributed by atoms with Crippen LogP contribution in [0.2, 0.25) is 0 Å². The number of carbonyl (C=O) groups excluding carboxylic acids is 3. The maximum absolute atomic E-state index is 12.6. The Morgan fingerprint density at radius 1 is 0.483 bits per heavy atom. The van der Waals surface area contributed by atoms with Gasteiger partial charge >= 0.3 is 17.9 Å². The smallest absolute Gasteiger partial charge is 0.303 e. The van der Waals surface area contributed by atoms with Gasteiger partial charge in [-0.2, -0.15) is 0 Å². The molecule has 2 saturated heterocycles. The van der Waals surface area contributed by atoms with E-state index in [-0.39, 0.29) is 33.0 Å². The van der Waals surface area contributed by atoms with Crippen LogP contribution in [0.1, 0.15) is 43.0 Å². The van der Waals surface area contributed by atoms with E-state index >= 15 is 0 Å². The van der Waals surface area contributed by atoms with Gasteiger partial charge in [0.1, 0.15) is 37.1 Å². The second kappa shape index (κ2) is 22.5. The minimum atomic E-state index is -1.80. The molecule has 4 aromatic carbocycles. The Morgan fingerprint density at radius 2 is 0.917 bits per heavy atom. The zero-order valence-electron chi connectivity index (χ0n) is 33.8. The molecule has 0 amide bonds. The fourth-order valence-electron chi connectivity index (χ4n) is 7.04. The van der Waals surface area contributed by atoms with E-state index in [4.69, 9.17) is 47.4 Å². The van der Waals surface area contributed by atoms with Crippen molar-refractivity contribution in [1.82, 2.24) is 0 Å². The quantitative estimate of drug-likeness (QED) is 0.0968. The minimum absolute atomic E-state index is 0.0163. The number of hydrogen-bond acceptors (Lipinski definition) is 14. The van der Waals surface area contributed by atoms with Crippen molar-refractivity contribution in [2.75, 3.05) is 13.2 Å². The zero-order chi connectivity index (χ0) is 42.3. The van der Waals surface area contributed by atoms with E-state index in [9.17, 15) is 19.5 Å². The molecule has 10 atom stereocenters. The van der Waals surface area contributed by atoms with E-state index in [2.05, 4.69) is 0 Å². The highest BCUT2D eigenvalue weighted by Gasteiger charge is 2.55. The number of rotatable bonds is 19. The number of benzene rings is 4. The fourth-order valence-corrected chi connectivity index (χ4v) is 7.04. The van der Waals surface area contributed by atoms with E-state index in [1.165, 1.54) is 6.92 Å². The summed E-state index contributed by atoms with van der Waals surface area (Å²) in [5, 5.41) is 11.6. The van der Waals surface area contributed by atoms with Gasteiger partial charge in [-0.25, -0.2) is 0 Å². The molecule has 2 heterocycles. The van der Waals surface area contributed by atoms with Crippen LogP contribution in [0.15, 0.2) is 121 Å². The maximum Gasteiger partial charge on any atom is 0.303 e. The average Bonchev–Trinajstić information content (AvgIpc) is 3.24. The van der Waals surface area contributed by atoms with Crippen LogP contribution in [-0.2, 0) is 88.2 Å². The van der Waals surface area contributed by atoms with Gasteiger partial charge in [0.2, 0.25) is 0 Å². The molecule has 0 unspecified atom stereocenters. The van der Waals surface area contributed by atoms with Crippen molar-refractivity contribution in [2.24, 2.45) is 0 Å². The highest BCUT2D eigenvalue weighted by molar-refractivity contribution is 5.68. The Balaban J connectivity index is 1.38. The van der Waals surface area contributed by atoms with Crippen LogP contribution in [0.3, 0.4) is 0 Å². The second-order valence-corrected chi connectivity index (χ2v) is 14.4. The largest absolute Gasteiger partial charge is 0.463 e. The standard InChI is InChI=1S/C46H52O14/c1-30(47)52-29-38-40(56-31(2)48)42(57-32(3)49)43(45(50)58-38)60-46-44(55-27-36-22-14-7-15-23-36)41(54-26-35-20-12-6-13-21-35)39(53-25-34-18-10-5-11-19-34)37(59-46)28-51-24-33-16-8-4-9-17-33/h4-23,37-46,50H,24-29H2,1-3H3/t37-,38-,39-,40-,41+,42+,43+,44+,45+,46+/m1/s1. The molecule has 2 aliphatic rings. The SMILES string of the molecule is CC(=O)OC[C@H]1O[C@H](O)[C@@H](O[C@@H]2O[C@H](COCc3ccccc3)[C@@H](OCc3ccccc3)[C@H](OCc3ccccc3)[C@@H]2OCc2ccccc2)[C@@H](OC(C)=O)[C@@H]1OC(C)=O. The van der Waals surface area contributed by atoms with Gasteiger partial charge in [0.15, 0.2) is 30.9 Å². The van der Waals surface area contributed by atoms with Gasteiger partial charge < -0.3 is 52.5 Å². The minimum Gasteiger partial charge on any atom is -0.463 e. The number of aliphatic hydroxyl groups is 1. The van der Waals surface area contributed by atoms with Crippen molar-refractivity contribution in [3.63, 3.8) is 0 Å². The summed E-state index contributed by atoms with van der Waals surface area (Å²) >= 11 is 0. The van der Waals surface area contributed by atoms with E-state index < -0.39 is 85.9 Å². The summed E-state index contributed by atoms with van der Waals surface area (Å²) in [6, 6.07) is 38.4. The number of hydrogen-bond donors (Lipinski definition) is 1. The number of esters is 3. The monoisotopic (exact) mass is 828 g/mol. The summed E-state index contributed by atoms with van der Waals surface area (Å²) in [5.41, 5.74) is 3.58. The highest BCUT2D eigenvalue weighted by Crippen LogP contribution is 2.35. The van der Waals surface area contributed by atoms with E-state index in [0.717, 1.165) is 36.1 Å². The van der Waals surface area contributed by atoms with Crippen molar-refractivity contribution < 1.29 is 66.9 Å². The molecule has 0 aliphatic carbocycles. The molecule has 0 bridgehead atoms. The molecular formula is C46H52O14. The van der Waals surface area contributed by atoms with Gasteiger partial charge in [0.05, 0.1) is 33.0 Å². The molecule has 14 nitrogen and oxygen atoms in total. The molecule has 6 rings (SSSR count). The van der Waals surface area contributed by atoms with Crippen molar-refractivity contribution in [3.8, 4) is 0 Å². The first-order valence-corrected chi connectivity index (χ1v) is 19.8. The van der Waals surface area contributed by atoms with E-state index in [0.29, 0.717) is 0 Å². The van der Waals surface area contributed by atoms with Gasteiger partial charge in [-0.15, -0.1) is 0 Å². The van der Waals surface area contributed by atoms with E-state index in [1.807, 2.05) is 121 Å². The third kappa shape index (κ3) is 13.0. The van der Waals surface area contributed by atoms with Gasteiger partial charge in [0.25, 0.3) is 0 Å². The third-order valence-corrected chi connectivity index (χ3v) is 9.80. The molecular weight excluding hydrogens is 776 g/mol. The van der Waals surface area contributed by atoms with Gasteiger partial charge in [-0.05, 0) is 22.3 Å². The summed E-state index contributed by atoms with van der Waals surface area (Å²) < 4.78 is 62.2. The molecule has 60 heavy (non-hydrogen) atoms. The van der Waals surface area contributed by atoms with Crippen LogP contribution in [-0.4, -0.2) is 97.6 Å². The molecule has 2 aliphatic heterocycles. The molecule has 0 saturated carbocycles. The summed E-state index contributed by atoms with van der Waals surface area (Å²) in [7, 11) is 0. The Labute approximate surface area is 349 Å². The number of carbonyl (C=O) groups is 3. The molecule has 0 spiro atoms. The highest BCUT2D eigenvalue weighted by atomic mass is 16.8. The molecule has 14 heteroatoms. The Bertz CT molecular complexity index is 1900. The molecule has 320 valence electrons. The van der Waals surface area contributed by atoms with Crippen LogP contribution in [0, 0.1) is 0 Å². The Kier molecular flexibility index (Phi) is 16.7. The lowest BCUT2D eigenvalue weighted by molar-refractivity contribution is -0.373. The summed E-state index contributed by atoms with van der Waals surface area (Å²) in [6.07, 6.45) is -12.4. The first kappa shape index (κ1) is 44.5. The van der Waals surface area contributed by atoms with Crippen LogP contribution >= 0.6 is 0 Å². The van der Waals surface area contributed by atoms with Crippen LogP contribution in [0.4, 0.5) is 0 Å². The van der Waals surface area contributed by atoms with Gasteiger partial charge in [-0.1, -0.05) is 121 Å². The molecule has 1 N–H and O–H groups in total. The summed E-state index contributed by atoms with van der Waals surface area (Å²) in [6.45, 7) is 3.83. The molecule has 0 aromatic heterocycles. The maximum atomic E-state index is 12.6. The normalized spacial score (nSPS) is 26.5. The van der Waals surface area contributed by atoms with Crippen LogP contribution in [0.25, 0.3) is 0 Å². The molecule has 2 fully saturated rings. The van der Waals surface area contributed by atoms with E-state index in [1.54, 1.807) is 0 Å². The predicted octanol–water partition coefficient (Wildman–Crippen LogP) is 5.21. The topological polar surface area (TPSA) is 164 Å². The predicted molar refractivity (Wildman–Crippen MR) is 213 cm³/mol. The Hall–Kier alpha value is -5.03. The van der Waals surface area contributed by atoms with Crippen LogP contribution in [0.5, 0.6) is 0 Å². The fraction of sp³-hybridized carbons (Fsp3) is 0.413. The van der Waals surface area contributed by atoms with Crippen molar-refractivity contribution in [1.29, 1.82) is 0 Å².